The number of carbonyl (C=O) groups is 3. The second-order valence-corrected chi connectivity index (χ2v) is 10.9. The van der Waals surface area contributed by atoms with E-state index in [-0.39, 0.29) is 40.4 Å². The first-order valence-corrected chi connectivity index (χ1v) is 14.3. The third-order valence-electron chi connectivity index (χ3n) is 5.55. The number of fused-ring (bicyclic) bond motifs is 1. The van der Waals surface area contributed by atoms with Gasteiger partial charge in [0, 0.05) is 16.9 Å². The van der Waals surface area contributed by atoms with Gasteiger partial charge in [0.05, 0.1) is 24.3 Å². The van der Waals surface area contributed by atoms with Gasteiger partial charge in [-0.25, -0.2) is 9.55 Å². The van der Waals surface area contributed by atoms with E-state index in [0.717, 1.165) is 16.2 Å². The Balaban J connectivity index is 1.52. The van der Waals surface area contributed by atoms with Gasteiger partial charge in [-0.05, 0) is 31.2 Å². The molecule has 0 saturated carbocycles. The lowest BCUT2D eigenvalue weighted by Gasteiger charge is -2.50. The van der Waals surface area contributed by atoms with E-state index in [1.165, 1.54) is 23.5 Å². The van der Waals surface area contributed by atoms with Crippen molar-refractivity contribution in [3.63, 3.8) is 0 Å². The number of carboxylic acid groups (broad SMARTS) is 1. The second-order valence-electron chi connectivity index (χ2n) is 7.95. The molecule has 17 heteroatoms. The number of nitrogens with zero attached hydrogens (tertiary/aromatic N) is 5. The summed E-state index contributed by atoms with van der Waals surface area (Å²) in [5.41, 5.74) is 17.8. The van der Waals surface area contributed by atoms with Crippen molar-refractivity contribution in [2.75, 3.05) is 35.3 Å². The first-order valence-electron chi connectivity index (χ1n) is 11.3. The minimum Gasteiger partial charge on any atom is -0.543 e. The Morgan fingerprint density at radius 1 is 1.34 bits per heavy atom. The number of rotatable bonds is 10. The van der Waals surface area contributed by atoms with Crippen LogP contribution in [0.3, 0.4) is 0 Å². The molecule has 2 aliphatic rings. The summed E-state index contributed by atoms with van der Waals surface area (Å²) in [5.74, 6) is -1.58. The average molecular weight is 580 g/mol. The number of amides is 2. The molecule has 2 aromatic heterocycles. The number of nitrogens with two attached hydrogens (primary N) is 3. The highest BCUT2D eigenvalue weighted by molar-refractivity contribution is 8.01. The van der Waals surface area contributed by atoms with Crippen LogP contribution in [0, 0.1) is 0 Å². The summed E-state index contributed by atoms with van der Waals surface area (Å²) in [5, 5.41) is 20.2. The molecule has 0 aromatic carbocycles. The molecule has 2 amide bonds. The zero-order chi connectivity index (χ0) is 27.6. The van der Waals surface area contributed by atoms with E-state index in [2.05, 4.69) is 20.4 Å². The average Bonchev–Trinajstić information content (AvgIpc) is 3.30. The zero-order valence-electron chi connectivity index (χ0n) is 20.4. The molecular formula is C21H25N9O5S3. The number of aliphatic carboxylic acids is 1. The number of nitrogens with one attached hydrogen (secondary N) is 1. The number of anilines is 3. The van der Waals surface area contributed by atoms with Gasteiger partial charge in [0.2, 0.25) is 11.6 Å². The normalized spacial score (nSPS) is 19.2. The lowest BCUT2D eigenvalue weighted by Crippen LogP contribution is -2.71. The molecule has 2 aromatic rings. The fourth-order valence-electron chi connectivity index (χ4n) is 3.85. The predicted octanol–water partition coefficient (Wildman–Crippen LogP) is -1.47. The van der Waals surface area contributed by atoms with Crippen LogP contribution >= 0.6 is 34.9 Å². The molecule has 2 aliphatic heterocycles. The molecule has 0 aliphatic carbocycles. The number of nitrogen functional groups attached to an aromatic ring is 3. The standard InChI is InChI=1S/C21H25N9O5S3/c1-3-29-12(23)5-11(22)26-21(29)38-7-9-6-36-18-14(17(32)30(18)15(9)19(33)34)27-16(31)13(28-35-4-2)10-8-37-20(24)25-10/h5,8,14,18H,3-4,6-7H2,1-2H3,(H7,22,23,24,25,27,31,33,34)/b28-13-. The van der Waals surface area contributed by atoms with Crippen LogP contribution in [-0.4, -0.2) is 67.9 Å². The zero-order valence-corrected chi connectivity index (χ0v) is 22.8. The number of carboxylic acids is 1. The SMILES string of the molecule is CCO/N=C(\C(=O)NC1C(=O)N2C(C(=O)[O-])=C(CSc3nc(N)cc(N)[n+]3CC)CSC12)c1csc(N)n1. The van der Waals surface area contributed by atoms with Gasteiger partial charge in [0.15, 0.2) is 10.8 Å². The second kappa shape index (κ2) is 11.4. The summed E-state index contributed by atoms with van der Waals surface area (Å²) in [6.07, 6.45) is 0. The van der Waals surface area contributed by atoms with Crippen LogP contribution in [-0.2, 0) is 25.8 Å². The van der Waals surface area contributed by atoms with Crippen molar-refractivity contribution in [2.45, 2.75) is 37.0 Å². The molecule has 14 nitrogen and oxygen atoms in total. The Labute approximate surface area is 229 Å². The highest BCUT2D eigenvalue weighted by Crippen LogP contribution is 2.41. The predicted molar refractivity (Wildman–Crippen MR) is 141 cm³/mol. The molecule has 2 unspecified atom stereocenters. The number of hydrogen-bond donors (Lipinski definition) is 4. The maximum absolute atomic E-state index is 13.0. The number of thioether (sulfide) groups is 2. The van der Waals surface area contributed by atoms with Crippen LogP contribution in [0.1, 0.15) is 19.5 Å². The fourth-order valence-corrected chi connectivity index (χ4v) is 6.97. The summed E-state index contributed by atoms with van der Waals surface area (Å²) >= 11 is 3.70. The Morgan fingerprint density at radius 3 is 2.74 bits per heavy atom. The summed E-state index contributed by atoms with van der Waals surface area (Å²) in [7, 11) is 0. The highest BCUT2D eigenvalue weighted by Gasteiger charge is 2.53. The molecule has 7 N–H and O–H groups in total. The maximum atomic E-state index is 13.0. The highest BCUT2D eigenvalue weighted by atomic mass is 32.2. The fraction of sp³-hybridized carbons (Fsp3) is 0.381. The van der Waals surface area contributed by atoms with Crippen molar-refractivity contribution in [1.82, 2.24) is 20.2 Å². The monoisotopic (exact) mass is 579 g/mol. The Kier molecular flexibility index (Phi) is 8.27. The van der Waals surface area contributed by atoms with E-state index in [0.29, 0.717) is 28.8 Å². The van der Waals surface area contributed by atoms with Crippen LogP contribution in [0.2, 0.25) is 0 Å². The minimum absolute atomic E-state index is 0.141. The Morgan fingerprint density at radius 2 is 2.11 bits per heavy atom. The molecule has 38 heavy (non-hydrogen) atoms. The van der Waals surface area contributed by atoms with Gasteiger partial charge in [-0.1, -0.05) is 10.1 Å². The van der Waals surface area contributed by atoms with Crippen LogP contribution in [0.4, 0.5) is 16.8 Å². The molecule has 202 valence electrons. The van der Waals surface area contributed by atoms with Gasteiger partial charge in [-0.15, -0.1) is 23.1 Å². The number of β-lactam (4-membered cyclic amide) rings is 1. The van der Waals surface area contributed by atoms with E-state index in [1.807, 2.05) is 6.92 Å². The van der Waals surface area contributed by atoms with E-state index in [1.54, 1.807) is 22.9 Å². The topological polar surface area (TPSA) is 219 Å². The van der Waals surface area contributed by atoms with Crippen molar-refractivity contribution in [3.8, 4) is 0 Å². The smallest absolute Gasteiger partial charge is 0.301 e. The molecule has 0 radical (unpaired) electrons. The van der Waals surface area contributed by atoms with Crippen LogP contribution in [0.5, 0.6) is 0 Å². The minimum atomic E-state index is -1.48. The molecular weight excluding hydrogens is 554 g/mol. The Hall–Kier alpha value is -3.57. The van der Waals surface area contributed by atoms with Crippen molar-refractivity contribution >= 4 is 75.1 Å². The lowest BCUT2D eigenvalue weighted by atomic mass is 10.0. The van der Waals surface area contributed by atoms with Crippen molar-refractivity contribution in [1.29, 1.82) is 0 Å². The van der Waals surface area contributed by atoms with Crippen LogP contribution in [0.25, 0.3) is 0 Å². The molecule has 4 rings (SSSR count). The van der Waals surface area contributed by atoms with E-state index in [4.69, 9.17) is 22.0 Å². The van der Waals surface area contributed by atoms with Crippen molar-refractivity contribution in [2.24, 2.45) is 5.16 Å². The number of hydrogen-bond acceptors (Lipinski definition) is 14. The third-order valence-corrected chi connectivity index (χ3v) is 8.62. The van der Waals surface area contributed by atoms with Crippen LogP contribution < -0.4 is 32.2 Å². The van der Waals surface area contributed by atoms with Gasteiger partial charge in [0.1, 0.15) is 23.7 Å². The van der Waals surface area contributed by atoms with E-state index in [9.17, 15) is 19.5 Å². The number of aromatic nitrogens is 3. The van der Waals surface area contributed by atoms with Crippen molar-refractivity contribution < 1.29 is 28.9 Å². The van der Waals surface area contributed by atoms with E-state index >= 15 is 0 Å². The largest absolute Gasteiger partial charge is 0.543 e. The first kappa shape index (κ1) is 27.5. The Bertz CT molecular complexity index is 1350. The molecule has 1 fully saturated rings. The third kappa shape index (κ3) is 5.34. The summed E-state index contributed by atoms with van der Waals surface area (Å²) in [4.78, 5) is 52.7. The van der Waals surface area contributed by atoms with E-state index < -0.39 is 29.2 Å². The molecule has 0 bridgehead atoms. The van der Waals surface area contributed by atoms with Gasteiger partial charge in [0.25, 0.3) is 11.8 Å². The van der Waals surface area contributed by atoms with Gasteiger partial charge < -0.3 is 37.3 Å². The quantitative estimate of drug-likeness (QED) is 0.0633. The summed E-state index contributed by atoms with van der Waals surface area (Å²) in [6.45, 7) is 4.34. The molecule has 1 saturated heterocycles. The molecule has 2 atom stereocenters. The number of thiazole rings is 1. The van der Waals surface area contributed by atoms with Crippen LogP contribution in [0.15, 0.2) is 33.0 Å². The molecule has 0 spiro atoms. The van der Waals surface area contributed by atoms with Gasteiger partial charge >= 0.3 is 5.16 Å². The van der Waals surface area contributed by atoms with Crippen molar-refractivity contribution in [3.05, 3.63) is 28.4 Å². The lowest BCUT2D eigenvalue weighted by molar-refractivity contribution is -0.719. The number of carbonyl (C=O) groups excluding carboxylic acids is 3. The number of oxime groups is 1. The summed E-state index contributed by atoms with van der Waals surface area (Å²) in [6, 6.07) is 0.568. The first-order chi connectivity index (χ1) is 18.2. The molecule has 4 heterocycles. The van der Waals surface area contributed by atoms with Gasteiger partial charge in [-0.3, -0.25) is 14.5 Å². The maximum Gasteiger partial charge on any atom is 0.301 e. The summed E-state index contributed by atoms with van der Waals surface area (Å²) < 4.78 is 1.75. The van der Waals surface area contributed by atoms with Gasteiger partial charge in [-0.2, -0.15) is 0 Å².